The zero-order valence-electron chi connectivity index (χ0n) is 15.3. The van der Waals surface area contributed by atoms with Crippen molar-refractivity contribution >= 4 is 5.96 Å². The predicted molar refractivity (Wildman–Crippen MR) is 97.5 cm³/mol. The van der Waals surface area contributed by atoms with E-state index < -0.39 is 5.60 Å². The lowest BCUT2D eigenvalue weighted by Gasteiger charge is -2.20. The number of ether oxygens (including phenoxy) is 2. The van der Waals surface area contributed by atoms with Crippen LogP contribution in [0.25, 0.3) is 0 Å². The Hall–Kier alpha value is -1.79. The lowest BCUT2D eigenvalue weighted by Crippen LogP contribution is -2.44. The van der Waals surface area contributed by atoms with E-state index in [0.29, 0.717) is 19.0 Å². The first-order valence-corrected chi connectivity index (χ1v) is 8.40. The number of rotatable bonds is 10. The molecular weight excluding hydrogens is 306 g/mol. The van der Waals surface area contributed by atoms with Crippen molar-refractivity contribution in [3.63, 3.8) is 0 Å². The summed E-state index contributed by atoms with van der Waals surface area (Å²) in [7, 11) is 1.65. The molecular formula is C18H31N3O3. The molecule has 0 aliphatic carbocycles. The molecule has 3 N–H and O–H groups in total. The summed E-state index contributed by atoms with van der Waals surface area (Å²) < 4.78 is 10.5. The molecule has 0 bridgehead atoms. The van der Waals surface area contributed by atoms with Crippen LogP contribution < -0.4 is 15.4 Å². The van der Waals surface area contributed by atoms with Gasteiger partial charge in [-0.3, -0.25) is 0 Å². The van der Waals surface area contributed by atoms with E-state index in [1.807, 2.05) is 31.2 Å². The standard InChI is InChI=1S/C18H31N3O3/c1-5-24-12-6-11-19-17(21-14-18(2,3)22)20-13-15-7-9-16(23-4)10-8-15/h7-10,22H,5-6,11-14H2,1-4H3,(H2,19,20,21). The maximum Gasteiger partial charge on any atom is 0.191 e. The number of nitrogens with one attached hydrogen (secondary N) is 2. The van der Waals surface area contributed by atoms with Crippen LogP contribution in [0.15, 0.2) is 29.3 Å². The van der Waals surface area contributed by atoms with E-state index in [2.05, 4.69) is 15.6 Å². The fraction of sp³-hybridized carbons (Fsp3) is 0.611. The SMILES string of the molecule is CCOCCCNC(=NCc1ccc(OC)cc1)NCC(C)(C)O. The summed E-state index contributed by atoms with van der Waals surface area (Å²) in [6.07, 6.45) is 0.902. The molecule has 0 saturated carbocycles. The number of methoxy groups -OCH3 is 1. The van der Waals surface area contributed by atoms with Gasteiger partial charge in [0.25, 0.3) is 0 Å². The van der Waals surface area contributed by atoms with Gasteiger partial charge >= 0.3 is 0 Å². The van der Waals surface area contributed by atoms with Crippen LogP contribution in [0.1, 0.15) is 32.8 Å². The van der Waals surface area contributed by atoms with Gasteiger partial charge in [0.05, 0.1) is 19.3 Å². The molecule has 6 heteroatoms. The van der Waals surface area contributed by atoms with E-state index in [1.54, 1.807) is 21.0 Å². The fourth-order valence-corrected chi connectivity index (χ4v) is 1.90. The van der Waals surface area contributed by atoms with E-state index >= 15 is 0 Å². The molecule has 6 nitrogen and oxygen atoms in total. The lowest BCUT2D eigenvalue weighted by molar-refractivity contribution is 0.0846. The Kier molecular flexibility index (Phi) is 9.19. The molecule has 0 atom stereocenters. The highest BCUT2D eigenvalue weighted by atomic mass is 16.5. The summed E-state index contributed by atoms with van der Waals surface area (Å²) in [4.78, 5) is 4.57. The predicted octanol–water partition coefficient (Wildman–Crippen LogP) is 1.93. The maximum atomic E-state index is 9.87. The average Bonchev–Trinajstić information content (AvgIpc) is 2.56. The van der Waals surface area contributed by atoms with Crippen molar-refractivity contribution in [1.29, 1.82) is 0 Å². The highest BCUT2D eigenvalue weighted by Gasteiger charge is 2.12. The molecule has 0 aliphatic rings. The maximum absolute atomic E-state index is 9.87. The molecule has 24 heavy (non-hydrogen) atoms. The number of aliphatic imine (C=N–C) groups is 1. The fourth-order valence-electron chi connectivity index (χ4n) is 1.90. The van der Waals surface area contributed by atoms with Crippen molar-refractivity contribution in [3.8, 4) is 5.75 Å². The molecule has 0 amide bonds. The van der Waals surface area contributed by atoms with E-state index in [-0.39, 0.29) is 0 Å². The molecule has 1 aromatic rings. The summed E-state index contributed by atoms with van der Waals surface area (Å²) >= 11 is 0. The first-order valence-electron chi connectivity index (χ1n) is 8.40. The second-order valence-electron chi connectivity index (χ2n) is 6.16. The van der Waals surface area contributed by atoms with Gasteiger partial charge in [0, 0.05) is 26.3 Å². The third-order valence-corrected chi connectivity index (χ3v) is 3.23. The van der Waals surface area contributed by atoms with Gasteiger partial charge in [-0.2, -0.15) is 0 Å². The van der Waals surface area contributed by atoms with Crippen LogP contribution >= 0.6 is 0 Å². The van der Waals surface area contributed by atoms with Crippen molar-refractivity contribution in [2.75, 3.05) is 33.4 Å². The molecule has 0 aromatic heterocycles. The largest absolute Gasteiger partial charge is 0.497 e. The Labute approximate surface area is 145 Å². The van der Waals surface area contributed by atoms with Crippen LogP contribution in [0.3, 0.4) is 0 Å². The van der Waals surface area contributed by atoms with Crippen LogP contribution in [0, 0.1) is 0 Å². The van der Waals surface area contributed by atoms with Crippen LogP contribution in [0.4, 0.5) is 0 Å². The second-order valence-corrected chi connectivity index (χ2v) is 6.16. The van der Waals surface area contributed by atoms with Crippen molar-refractivity contribution in [1.82, 2.24) is 10.6 Å². The Morgan fingerprint density at radius 3 is 2.50 bits per heavy atom. The smallest absolute Gasteiger partial charge is 0.191 e. The van der Waals surface area contributed by atoms with Crippen LogP contribution in [0.5, 0.6) is 5.75 Å². The Balaban J connectivity index is 2.56. The zero-order chi connectivity index (χ0) is 17.8. The molecule has 1 aromatic carbocycles. The minimum absolute atomic E-state index is 0.424. The zero-order valence-corrected chi connectivity index (χ0v) is 15.3. The molecule has 0 fully saturated rings. The minimum atomic E-state index is -0.798. The molecule has 1 rings (SSSR count). The molecule has 0 unspecified atom stereocenters. The monoisotopic (exact) mass is 337 g/mol. The minimum Gasteiger partial charge on any atom is -0.497 e. The molecule has 0 radical (unpaired) electrons. The molecule has 136 valence electrons. The molecule has 0 spiro atoms. The van der Waals surface area contributed by atoms with E-state index in [1.165, 1.54) is 0 Å². The number of benzene rings is 1. The van der Waals surface area contributed by atoms with Gasteiger partial charge in [-0.05, 0) is 44.9 Å². The first kappa shape index (κ1) is 20.3. The van der Waals surface area contributed by atoms with Crippen LogP contribution in [0.2, 0.25) is 0 Å². The van der Waals surface area contributed by atoms with Crippen LogP contribution in [-0.2, 0) is 11.3 Å². The highest BCUT2D eigenvalue weighted by molar-refractivity contribution is 5.79. The molecule has 0 aliphatic heterocycles. The van der Waals surface area contributed by atoms with Gasteiger partial charge in [0.15, 0.2) is 5.96 Å². The normalized spacial score (nSPS) is 12.1. The summed E-state index contributed by atoms with van der Waals surface area (Å²) in [5.41, 5.74) is 0.294. The van der Waals surface area contributed by atoms with E-state index in [4.69, 9.17) is 9.47 Å². The Morgan fingerprint density at radius 1 is 1.21 bits per heavy atom. The summed E-state index contributed by atoms with van der Waals surface area (Å²) in [6, 6.07) is 7.82. The van der Waals surface area contributed by atoms with E-state index in [9.17, 15) is 5.11 Å². The van der Waals surface area contributed by atoms with Gasteiger partial charge in [0.2, 0.25) is 0 Å². The van der Waals surface area contributed by atoms with Gasteiger partial charge in [-0.15, -0.1) is 0 Å². The third kappa shape index (κ3) is 9.37. The van der Waals surface area contributed by atoms with Crippen LogP contribution in [-0.4, -0.2) is 50.1 Å². The second kappa shape index (κ2) is 10.9. The topological polar surface area (TPSA) is 75.1 Å². The van der Waals surface area contributed by atoms with E-state index in [0.717, 1.165) is 37.5 Å². The third-order valence-electron chi connectivity index (χ3n) is 3.23. The van der Waals surface area contributed by atoms with Gasteiger partial charge < -0.3 is 25.2 Å². The quantitative estimate of drug-likeness (QED) is 0.346. The van der Waals surface area contributed by atoms with Crippen molar-refractivity contribution < 1.29 is 14.6 Å². The number of aliphatic hydroxyl groups is 1. The molecule has 0 heterocycles. The average molecular weight is 337 g/mol. The summed E-state index contributed by atoms with van der Waals surface area (Å²) in [5, 5.41) is 16.3. The number of hydrogen-bond acceptors (Lipinski definition) is 4. The van der Waals surface area contributed by atoms with Gasteiger partial charge in [-0.25, -0.2) is 4.99 Å². The number of nitrogens with zero attached hydrogens (tertiary/aromatic N) is 1. The number of guanidine groups is 1. The molecule has 0 saturated heterocycles. The van der Waals surface area contributed by atoms with Gasteiger partial charge in [-0.1, -0.05) is 12.1 Å². The Bertz CT molecular complexity index is 481. The first-order chi connectivity index (χ1) is 11.4. The summed E-state index contributed by atoms with van der Waals surface area (Å²) in [6.45, 7) is 8.70. The Morgan fingerprint density at radius 2 is 1.92 bits per heavy atom. The highest BCUT2D eigenvalue weighted by Crippen LogP contribution is 2.11. The van der Waals surface area contributed by atoms with Crippen molar-refractivity contribution in [3.05, 3.63) is 29.8 Å². The number of hydrogen-bond donors (Lipinski definition) is 3. The summed E-state index contributed by atoms with van der Waals surface area (Å²) in [5.74, 6) is 1.52. The van der Waals surface area contributed by atoms with Crippen molar-refractivity contribution in [2.45, 2.75) is 39.3 Å². The van der Waals surface area contributed by atoms with Gasteiger partial charge in [0.1, 0.15) is 5.75 Å². The lowest BCUT2D eigenvalue weighted by atomic mass is 10.1. The van der Waals surface area contributed by atoms with Crippen molar-refractivity contribution in [2.24, 2.45) is 4.99 Å².